The fourth-order valence-electron chi connectivity index (χ4n) is 3.27. The van der Waals surface area contributed by atoms with Gasteiger partial charge in [0, 0.05) is 16.4 Å². The molecule has 5 nitrogen and oxygen atoms in total. The molecular weight excluding hydrogens is 462 g/mol. The van der Waals surface area contributed by atoms with Crippen LogP contribution in [-0.4, -0.2) is 32.7 Å². The Morgan fingerprint density at radius 3 is 2.78 bits per heavy atom. The minimum Gasteiger partial charge on any atom is -0.333 e. The van der Waals surface area contributed by atoms with Crippen molar-refractivity contribution in [1.82, 2.24) is 14.5 Å². The summed E-state index contributed by atoms with van der Waals surface area (Å²) < 4.78 is 1.52. The average molecular weight is 482 g/mol. The molecule has 0 aliphatic carbocycles. The van der Waals surface area contributed by atoms with E-state index in [4.69, 9.17) is 11.6 Å². The topological polar surface area (TPSA) is 55.2 Å². The lowest BCUT2D eigenvalue weighted by atomic mass is 10.2. The van der Waals surface area contributed by atoms with Gasteiger partial charge in [0.2, 0.25) is 5.91 Å². The van der Waals surface area contributed by atoms with Crippen LogP contribution in [0.5, 0.6) is 0 Å². The third kappa shape index (κ3) is 4.96. The summed E-state index contributed by atoms with van der Waals surface area (Å²) in [6.07, 6.45) is 1.71. The first kappa shape index (κ1) is 22.3. The number of benzene rings is 2. The SMILES string of the molecule is C=CCN(Cc1cccs1)C(=O)CSc1nc2ccccc2c(=O)n1-c1cccc(Cl)c1. The molecular formula is C24H20ClN3O2S2. The number of rotatable bonds is 8. The Morgan fingerprint density at radius 1 is 1.19 bits per heavy atom. The number of carbonyl (C=O) groups excluding carboxylic acids is 1. The van der Waals surface area contributed by atoms with Crippen LogP contribution in [0.15, 0.2) is 88.6 Å². The number of halogens is 1. The summed E-state index contributed by atoms with van der Waals surface area (Å²) in [4.78, 5) is 33.9. The molecule has 0 aliphatic rings. The first-order chi connectivity index (χ1) is 15.6. The third-order valence-corrected chi connectivity index (χ3v) is 6.78. The molecule has 0 saturated heterocycles. The van der Waals surface area contributed by atoms with Crippen molar-refractivity contribution in [3.05, 3.63) is 99.0 Å². The van der Waals surface area contributed by atoms with Crippen LogP contribution in [0.4, 0.5) is 0 Å². The van der Waals surface area contributed by atoms with Crippen LogP contribution in [0.25, 0.3) is 16.6 Å². The molecule has 4 rings (SSSR count). The Labute approximate surface area is 199 Å². The number of thioether (sulfide) groups is 1. The highest BCUT2D eigenvalue weighted by Gasteiger charge is 2.18. The number of hydrogen-bond donors (Lipinski definition) is 0. The van der Waals surface area contributed by atoms with Gasteiger partial charge in [-0.25, -0.2) is 4.98 Å². The quantitative estimate of drug-likeness (QED) is 0.192. The standard InChI is InChI=1S/C24H20ClN3O2S2/c1-2-12-27(15-19-9-6-13-31-19)22(29)16-32-24-26-21-11-4-3-10-20(21)23(30)28(24)18-8-5-7-17(25)14-18/h2-11,13-14H,1,12,15-16H2. The van der Waals surface area contributed by atoms with E-state index in [1.165, 1.54) is 16.3 Å². The van der Waals surface area contributed by atoms with Crippen molar-refractivity contribution in [1.29, 1.82) is 0 Å². The molecule has 1 amide bonds. The monoisotopic (exact) mass is 481 g/mol. The maximum atomic E-state index is 13.3. The summed E-state index contributed by atoms with van der Waals surface area (Å²) in [7, 11) is 0. The van der Waals surface area contributed by atoms with Crippen LogP contribution in [-0.2, 0) is 11.3 Å². The van der Waals surface area contributed by atoms with Crippen molar-refractivity contribution >= 4 is 51.5 Å². The zero-order valence-electron chi connectivity index (χ0n) is 17.1. The average Bonchev–Trinajstić information content (AvgIpc) is 3.30. The van der Waals surface area contributed by atoms with Gasteiger partial charge in [0.1, 0.15) is 0 Å². The molecule has 8 heteroatoms. The largest absolute Gasteiger partial charge is 0.333 e. The number of carbonyl (C=O) groups is 1. The number of hydrogen-bond acceptors (Lipinski definition) is 5. The van der Waals surface area contributed by atoms with Crippen LogP contribution >= 0.6 is 34.7 Å². The minimum absolute atomic E-state index is 0.0525. The van der Waals surface area contributed by atoms with Gasteiger partial charge < -0.3 is 4.90 Å². The summed E-state index contributed by atoms with van der Waals surface area (Å²) in [6.45, 7) is 4.74. The molecule has 0 bridgehead atoms. The van der Waals surface area contributed by atoms with Gasteiger partial charge in [-0.3, -0.25) is 14.2 Å². The third-order valence-electron chi connectivity index (χ3n) is 4.77. The molecule has 2 heterocycles. The number of nitrogens with zero attached hydrogens (tertiary/aromatic N) is 3. The van der Waals surface area contributed by atoms with E-state index in [9.17, 15) is 9.59 Å². The molecule has 0 N–H and O–H groups in total. The van der Waals surface area contributed by atoms with Crippen molar-refractivity contribution in [3.63, 3.8) is 0 Å². The molecule has 2 aromatic carbocycles. The molecule has 0 aliphatic heterocycles. The van der Waals surface area contributed by atoms with Gasteiger partial charge in [0.15, 0.2) is 5.16 Å². The Balaban J connectivity index is 1.67. The zero-order chi connectivity index (χ0) is 22.5. The molecule has 32 heavy (non-hydrogen) atoms. The molecule has 0 saturated carbocycles. The maximum Gasteiger partial charge on any atom is 0.266 e. The summed E-state index contributed by atoms with van der Waals surface area (Å²) in [5.74, 6) is 0.0910. The van der Waals surface area contributed by atoms with E-state index in [1.54, 1.807) is 58.7 Å². The lowest BCUT2D eigenvalue weighted by Crippen LogP contribution is -2.32. The Hall–Kier alpha value is -2.87. The molecule has 4 aromatic rings. The van der Waals surface area contributed by atoms with Gasteiger partial charge in [-0.15, -0.1) is 17.9 Å². The van der Waals surface area contributed by atoms with E-state index >= 15 is 0 Å². The summed E-state index contributed by atoms with van der Waals surface area (Å²) in [6, 6.07) is 18.2. The van der Waals surface area contributed by atoms with Crippen LogP contribution in [0, 0.1) is 0 Å². The highest BCUT2D eigenvalue weighted by Crippen LogP contribution is 2.24. The summed E-state index contributed by atoms with van der Waals surface area (Å²) in [5, 5.41) is 3.46. The van der Waals surface area contributed by atoms with Crippen molar-refractivity contribution in [2.75, 3.05) is 12.3 Å². The second kappa shape index (κ2) is 10.2. The lowest BCUT2D eigenvalue weighted by molar-refractivity contribution is -0.128. The van der Waals surface area contributed by atoms with E-state index in [0.29, 0.717) is 39.9 Å². The fourth-order valence-corrected chi connectivity index (χ4v) is 5.09. The minimum atomic E-state index is -0.200. The first-order valence-corrected chi connectivity index (χ1v) is 12.1. The Morgan fingerprint density at radius 2 is 2.03 bits per heavy atom. The summed E-state index contributed by atoms with van der Waals surface area (Å²) >= 11 is 9.02. The maximum absolute atomic E-state index is 13.3. The highest BCUT2D eigenvalue weighted by atomic mass is 35.5. The molecule has 0 radical (unpaired) electrons. The van der Waals surface area contributed by atoms with Gasteiger partial charge in [0.25, 0.3) is 5.56 Å². The van der Waals surface area contributed by atoms with E-state index < -0.39 is 0 Å². The van der Waals surface area contributed by atoms with E-state index in [2.05, 4.69) is 11.6 Å². The van der Waals surface area contributed by atoms with E-state index in [-0.39, 0.29) is 17.2 Å². The van der Waals surface area contributed by atoms with Gasteiger partial charge in [-0.05, 0) is 41.8 Å². The van der Waals surface area contributed by atoms with Crippen molar-refractivity contribution in [3.8, 4) is 5.69 Å². The molecule has 0 spiro atoms. The molecule has 0 unspecified atom stereocenters. The lowest BCUT2D eigenvalue weighted by Gasteiger charge is -2.20. The smallest absolute Gasteiger partial charge is 0.266 e. The fraction of sp³-hybridized carbons (Fsp3) is 0.125. The Kier molecular flexibility index (Phi) is 7.09. The molecule has 0 fully saturated rings. The molecule has 0 atom stereocenters. The normalized spacial score (nSPS) is 10.9. The van der Waals surface area contributed by atoms with Crippen LogP contribution in [0.1, 0.15) is 4.88 Å². The number of thiophene rings is 1. The van der Waals surface area contributed by atoms with Gasteiger partial charge >= 0.3 is 0 Å². The second-order valence-electron chi connectivity index (χ2n) is 6.96. The zero-order valence-corrected chi connectivity index (χ0v) is 19.5. The van der Waals surface area contributed by atoms with Gasteiger partial charge in [0.05, 0.1) is 28.9 Å². The predicted octanol–water partition coefficient (Wildman–Crippen LogP) is 5.41. The van der Waals surface area contributed by atoms with Gasteiger partial charge in [-0.2, -0.15) is 0 Å². The Bertz CT molecular complexity index is 1320. The van der Waals surface area contributed by atoms with Gasteiger partial charge in [-0.1, -0.05) is 53.7 Å². The van der Waals surface area contributed by atoms with Crippen molar-refractivity contribution in [2.45, 2.75) is 11.7 Å². The van der Waals surface area contributed by atoms with Crippen molar-refractivity contribution in [2.24, 2.45) is 0 Å². The van der Waals surface area contributed by atoms with Crippen LogP contribution < -0.4 is 5.56 Å². The van der Waals surface area contributed by atoms with E-state index in [0.717, 1.165) is 4.88 Å². The number of para-hydroxylation sites is 1. The first-order valence-electron chi connectivity index (χ1n) is 9.88. The molecule has 162 valence electrons. The number of amides is 1. The van der Waals surface area contributed by atoms with E-state index in [1.807, 2.05) is 29.6 Å². The van der Waals surface area contributed by atoms with Crippen molar-refractivity contribution < 1.29 is 4.79 Å². The molecule has 2 aromatic heterocycles. The van der Waals surface area contributed by atoms with Crippen LogP contribution in [0.3, 0.4) is 0 Å². The second-order valence-corrected chi connectivity index (χ2v) is 9.37. The number of aromatic nitrogens is 2. The predicted molar refractivity (Wildman–Crippen MR) is 133 cm³/mol. The number of fused-ring (bicyclic) bond motifs is 1. The summed E-state index contributed by atoms with van der Waals surface area (Å²) in [5.41, 5.74) is 0.999. The van der Waals surface area contributed by atoms with Crippen LogP contribution in [0.2, 0.25) is 5.02 Å². The highest BCUT2D eigenvalue weighted by molar-refractivity contribution is 7.99.